The van der Waals surface area contributed by atoms with Gasteiger partial charge in [0.25, 0.3) is 0 Å². The van der Waals surface area contributed by atoms with E-state index in [4.69, 9.17) is 22.1 Å². The van der Waals surface area contributed by atoms with Gasteiger partial charge in [0.2, 0.25) is 5.78 Å². The first-order valence-corrected chi connectivity index (χ1v) is 6.60. The first-order valence-electron chi connectivity index (χ1n) is 6.22. The van der Waals surface area contributed by atoms with Crippen LogP contribution in [0.4, 0.5) is 14.5 Å². The number of fused-ring (bicyclic) bond motifs is 1. The van der Waals surface area contributed by atoms with Crippen LogP contribution in [0.2, 0.25) is 5.02 Å². The summed E-state index contributed by atoms with van der Waals surface area (Å²) in [7, 11) is 0. The van der Waals surface area contributed by atoms with Crippen molar-refractivity contribution in [3.05, 3.63) is 57.6 Å². The zero-order valence-corrected chi connectivity index (χ0v) is 11.5. The highest BCUT2D eigenvalue weighted by Gasteiger charge is 2.27. The Morgan fingerprint density at radius 3 is 2.81 bits per heavy atom. The number of benzene rings is 2. The SMILES string of the molecule is Nc1ccc(F)c(C(=O)c2cc(Cl)cc3c2OCC3)c1F. The van der Waals surface area contributed by atoms with Gasteiger partial charge in [0.1, 0.15) is 11.6 Å². The molecule has 3 nitrogen and oxygen atoms in total. The van der Waals surface area contributed by atoms with Gasteiger partial charge in [-0.2, -0.15) is 0 Å². The second kappa shape index (κ2) is 5.00. The third-order valence-corrected chi connectivity index (χ3v) is 3.56. The fourth-order valence-corrected chi connectivity index (χ4v) is 2.59. The number of hydrogen-bond acceptors (Lipinski definition) is 3. The van der Waals surface area contributed by atoms with E-state index in [1.807, 2.05) is 0 Å². The summed E-state index contributed by atoms with van der Waals surface area (Å²) in [5.74, 6) is -2.56. The number of ketones is 1. The molecule has 21 heavy (non-hydrogen) atoms. The standard InChI is InChI=1S/C15H10ClF2NO2/c16-8-5-7-3-4-21-15(7)9(6-8)14(20)12-10(17)1-2-11(19)13(12)18/h1-2,5-6H,3-4,19H2. The molecule has 2 aromatic rings. The van der Waals surface area contributed by atoms with Crippen LogP contribution < -0.4 is 10.5 Å². The molecule has 0 aromatic heterocycles. The Kier molecular flexibility index (Phi) is 3.29. The van der Waals surface area contributed by atoms with Crippen LogP contribution >= 0.6 is 11.6 Å². The van der Waals surface area contributed by atoms with Crippen molar-refractivity contribution in [3.63, 3.8) is 0 Å². The summed E-state index contributed by atoms with van der Waals surface area (Å²) in [4.78, 5) is 12.5. The number of rotatable bonds is 2. The lowest BCUT2D eigenvalue weighted by Crippen LogP contribution is -2.11. The second-order valence-electron chi connectivity index (χ2n) is 4.69. The Hall–Kier alpha value is -2.14. The summed E-state index contributed by atoms with van der Waals surface area (Å²) < 4.78 is 33.2. The van der Waals surface area contributed by atoms with Gasteiger partial charge in [-0.15, -0.1) is 0 Å². The van der Waals surface area contributed by atoms with Gasteiger partial charge in [0, 0.05) is 11.4 Å². The van der Waals surface area contributed by atoms with Crippen LogP contribution in [0.1, 0.15) is 21.5 Å². The third kappa shape index (κ3) is 2.23. The molecule has 1 aliphatic heterocycles. The van der Waals surface area contributed by atoms with Crippen molar-refractivity contribution in [1.29, 1.82) is 0 Å². The highest BCUT2D eigenvalue weighted by molar-refractivity contribution is 6.31. The van der Waals surface area contributed by atoms with Crippen LogP contribution in [0.25, 0.3) is 0 Å². The first-order chi connectivity index (χ1) is 9.99. The molecular weight excluding hydrogens is 300 g/mol. The Morgan fingerprint density at radius 2 is 2.05 bits per heavy atom. The normalized spacial score (nSPS) is 12.9. The zero-order valence-electron chi connectivity index (χ0n) is 10.8. The predicted octanol–water partition coefficient (Wildman–Crippen LogP) is 3.37. The van der Waals surface area contributed by atoms with E-state index in [1.54, 1.807) is 6.07 Å². The van der Waals surface area contributed by atoms with Crippen LogP contribution in [0, 0.1) is 11.6 Å². The molecular formula is C15H10ClF2NO2. The van der Waals surface area contributed by atoms with Gasteiger partial charge >= 0.3 is 0 Å². The molecule has 0 aliphatic carbocycles. The zero-order chi connectivity index (χ0) is 15.1. The van der Waals surface area contributed by atoms with Crippen LogP contribution in [-0.4, -0.2) is 12.4 Å². The molecule has 3 rings (SSSR count). The summed E-state index contributed by atoms with van der Waals surface area (Å²) in [6, 6.07) is 5.04. The van der Waals surface area contributed by atoms with E-state index in [1.165, 1.54) is 6.07 Å². The molecule has 0 saturated carbocycles. The summed E-state index contributed by atoms with van der Waals surface area (Å²) in [6.07, 6.45) is 0.595. The monoisotopic (exact) mass is 309 g/mol. The number of halogens is 3. The summed E-state index contributed by atoms with van der Waals surface area (Å²) in [5, 5.41) is 0.312. The van der Waals surface area contributed by atoms with E-state index < -0.39 is 23.0 Å². The highest BCUT2D eigenvalue weighted by Crippen LogP contribution is 2.35. The minimum absolute atomic E-state index is 0.0402. The quantitative estimate of drug-likeness (QED) is 0.683. The lowest BCUT2D eigenvalue weighted by molar-refractivity contribution is 0.102. The fourth-order valence-electron chi connectivity index (χ4n) is 2.35. The van der Waals surface area contributed by atoms with E-state index in [2.05, 4.69) is 0 Å². The minimum Gasteiger partial charge on any atom is -0.492 e. The van der Waals surface area contributed by atoms with E-state index in [0.717, 1.165) is 17.7 Å². The topological polar surface area (TPSA) is 52.3 Å². The van der Waals surface area contributed by atoms with E-state index >= 15 is 0 Å². The van der Waals surface area contributed by atoms with Crippen LogP contribution in [0.5, 0.6) is 5.75 Å². The maximum absolute atomic E-state index is 14.0. The molecule has 0 unspecified atom stereocenters. The van der Waals surface area contributed by atoms with Crippen LogP contribution in [0.3, 0.4) is 0 Å². The van der Waals surface area contributed by atoms with Gasteiger partial charge in [0.15, 0.2) is 5.82 Å². The smallest absolute Gasteiger partial charge is 0.202 e. The van der Waals surface area contributed by atoms with Crippen LogP contribution in [-0.2, 0) is 6.42 Å². The van der Waals surface area contributed by atoms with Crippen molar-refractivity contribution in [3.8, 4) is 5.75 Å². The molecule has 6 heteroatoms. The molecule has 1 aliphatic rings. The number of nitrogens with two attached hydrogens (primary N) is 1. The van der Waals surface area contributed by atoms with Gasteiger partial charge in [0.05, 0.1) is 23.4 Å². The lowest BCUT2D eigenvalue weighted by atomic mass is 9.98. The summed E-state index contributed by atoms with van der Waals surface area (Å²) >= 11 is 5.95. The Balaban J connectivity index is 2.19. The summed E-state index contributed by atoms with van der Waals surface area (Å²) in [6.45, 7) is 0.401. The molecule has 2 aromatic carbocycles. The number of ether oxygens (including phenoxy) is 1. The molecule has 0 spiro atoms. The fraction of sp³-hybridized carbons (Fsp3) is 0.133. The molecule has 2 N–H and O–H groups in total. The number of nitrogen functional groups attached to an aromatic ring is 1. The Morgan fingerprint density at radius 1 is 1.29 bits per heavy atom. The number of carbonyl (C=O) groups is 1. The maximum atomic E-state index is 14.0. The minimum atomic E-state index is -1.08. The molecule has 0 bridgehead atoms. The Bertz CT molecular complexity index is 762. The van der Waals surface area contributed by atoms with Crippen molar-refractivity contribution in [2.24, 2.45) is 0 Å². The highest BCUT2D eigenvalue weighted by atomic mass is 35.5. The predicted molar refractivity (Wildman–Crippen MR) is 74.9 cm³/mol. The van der Waals surface area contributed by atoms with E-state index in [-0.39, 0.29) is 11.3 Å². The van der Waals surface area contributed by atoms with Crippen molar-refractivity contribution < 1.29 is 18.3 Å². The largest absolute Gasteiger partial charge is 0.492 e. The number of carbonyl (C=O) groups excluding carboxylic acids is 1. The van der Waals surface area contributed by atoms with Gasteiger partial charge in [-0.05, 0) is 29.8 Å². The molecule has 1 heterocycles. The van der Waals surface area contributed by atoms with Crippen molar-refractivity contribution in [1.82, 2.24) is 0 Å². The maximum Gasteiger partial charge on any atom is 0.202 e. The van der Waals surface area contributed by atoms with E-state index in [9.17, 15) is 13.6 Å². The number of anilines is 1. The van der Waals surface area contributed by atoms with Gasteiger partial charge in [-0.25, -0.2) is 8.78 Å². The van der Waals surface area contributed by atoms with Crippen molar-refractivity contribution >= 4 is 23.1 Å². The van der Waals surface area contributed by atoms with Crippen LogP contribution in [0.15, 0.2) is 24.3 Å². The van der Waals surface area contributed by atoms with Gasteiger partial charge in [-0.1, -0.05) is 11.6 Å². The molecule has 0 amide bonds. The van der Waals surface area contributed by atoms with E-state index in [0.29, 0.717) is 23.8 Å². The average molecular weight is 310 g/mol. The van der Waals surface area contributed by atoms with Gasteiger partial charge in [-0.3, -0.25) is 4.79 Å². The summed E-state index contributed by atoms with van der Waals surface area (Å²) in [5.41, 5.74) is 5.19. The van der Waals surface area contributed by atoms with Crippen molar-refractivity contribution in [2.75, 3.05) is 12.3 Å². The Labute approximate surface area is 124 Å². The van der Waals surface area contributed by atoms with Gasteiger partial charge < -0.3 is 10.5 Å². The molecule has 0 fully saturated rings. The lowest BCUT2D eigenvalue weighted by Gasteiger charge is -2.10. The molecule has 0 saturated heterocycles. The average Bonchev–Trinajstić information content (AvgIpc) is 2.90. The molecule has 0 radical (unpaired) electrons. The molecule has 108 valence electrons. The second-order valence-corrected chi connectivity index (χ2v) is 5.13. The van der Waals surface area contributed by atoms with Crippen molar-refractivity contribution in [2.45, 2.75) is 6.42 Å². The number of hydrogen-bond donors (Lipinski definition) is 1. The first kappa shape index (κ1) is 13.8. The third-order valence-electron chi connectivity index (χ3n) is 3.34. The molecule has 0 atom stereocenters.